The number of ketones is 1. The van der Waals surface area contributed by atoms with E-state index in [-0.39, 0.29) is 29.4 Å². The molecule has 0 aromatic heterocycles. The van der Waals surface area contributed by atoms with E-state index >= 15 is 0 Å². The zero-order valence-corrected chi connectivity index (χ0v) is 27.3. The van der Waals surface area contributed by atoms with Crippen LogP contribution in [0.3, 0.4) is 0 Å². The fourth-order valence-electron chi connectivity index (χ4n) is 4.66. The highest BCUT2D eigenvalue weighted by atomic mass is 32.2. The lowest BCUT2D eigenvalue weighted by atomic mass is 9.94. The van der Waals surface area contributed by atoms with Crippen LogP contribution in [0.1, 0.15) is 121 Å². The number of nitrogens with one attached hydrogen (secondary N) is 1. The van der Waals surface area contributed by atoms with Gasteiger partial charge in [-0.2, -0.15) is 0 Å². The predicted molar refractivity (Wildman–Crippen MR) is 179 cm³/mol. The van der Waals surface area contributed by atoms with Crippen LogP contribution >= 0.6 is 11.8 Å². The topological polar surface area (TPSA) is 113 Å². The Morgan fingerprint density at radius 1 is 0.860 bits per heavy atom. The van der Waals surface area contributed by atoms with Gasteiger partial charge in [-0.05, 0) is 81.7 Å². The zero-order chi connectivity index (χ0) is 31.8. The minimum atomic E-state index is -1.30. The Morgan fingerprint density at radius 3 is 2.14 bits per heavy atom. The van der Waals surface area contributed by atoms with Crippen LogP contribution < -0.4 is 5.32 Å². The molecule has 0 spiro atoms. The molecule has 1 aromatic rings. The molecule has 0 saturated heterocycles. The van der Waals surface area contributed by atoms with E-state index in [4.69, 9.17) is 9.84 Å². The van der Waals surface area contributed by atoms with E-state index in [1.165, 1.54) is 44.2 Å². The second-order valence-corrected chi connectivity index (χ2v) is 12.1. The number of allylic oxidation sites excluding steroid dienone is 6. The lowest BCUT2D eigenvalue weighted by molar-refractivity contribution is -0.121. The SMILES string of the molecule is CC/C=C\C/C=C\C/C=C\CCCCCCCCSC(CC)(CC)C(=O)CCCOC(=O)Nc1ccc(O)c(C(=O)O)c1. The normalized spacial score (nSPS) is 12.0. The summed E-state index contributed by atoms with van der Waals surface area (Å²) in [5.41, 5.74) is -0.114. The number of Topliss-reactive ketones (excluding diaryl/α,β-unsaturated/α-hetero) is 1. The first kappa shape index (κ1) is 38.0. The number of thioether (sulfide) groups is 1. The zero-order valence-electron chi connectivity index (χ0n) is 26.4. The number of rotatable bonds is 24. The molecule has 0 fully saturated rings. The Morgan fingerprint density at radius 2 is 1.49 bits per heavy atom. The van der Waals surface area contributed by atoms with Gasteiger partial charge in [0, 0.05) is 12.1 Å². The minimum absolute atomic E-state index is 0.0827. The molecule has 7 nitrogen and oxygen atoms in total. The highest BCUT2D eigenvalue weighted by Gasteiger charge is 2.34. The number of amides is 1. The van der Waals surface area contributed by atoms with Crippen LogP contribution in [0.15, 0.2) is 54.7 Å². The van der Waals surface area contributed by atoms with Gasteiger partial charge in [0.1, 0.15) is 17.1 Å². The van der Waals surface area contributed by atoms with Crippen molar-refractivity contribution >= 4 is 35.3 Å². The molecular weight excluding hydrogens is 562 g/mol. The monoisotopic (exact) mass is 615 g/mol. The van der Waals surface area contributed by atoms with Crippen LogP contribution in [0.2, 0.25) is 0 Å². The average Bonchev–Trinajstić information content (AvgIpc) is 2.99. The number of carbonyl (C=O) groups excluding carboxylic acids is 2. The molecule has 0 bridgehead atoms. The number of phenols is 1. The highest BCUT2D eigenvalue weighted by molar-refractivity contribution is 8.01. The number of ether oxygens (including phenoxy) is 1. The number of aromatic hydroxyl groups is 1. The molecular formula is C35H53NO6S. The van der Waals surface area contributed by atoms with Gasteiger partial charge >= 0.3 is 12.1 Å². The molecule has 0 aliphatic carbocycles. The maximum Gasteiger partial charge on any atom is 0.411 e. The number of hydrogen-bond donors (Lipinski definition) is 3. The number of aromatic carboxylic acids is 1. The van der Waals surface area contributed by atoms with Crippen molar-refractivity contribution in [1.82, 2.24) is 0 Å². The van der Waals surface area contributed by atoms with Crippen LogP contribution in [-0.2, 0) is 9.53 Å². The summed E-state index contributed by atoms with van der Waals surface area (Å²) in [6.45, 7) is 6.37. The number of carbonyl (C=O) groups is 3. The van der Waals surface area contributed by atoms with E-state index in [9.17, 15) is 19.5 Å². The van der Waals surface area contributed by atoms with E-state index in [1.807, 2.05) is 0 Å². The Bertz CT molecular complexity index is 1040. The van der Waals surface area contributed by atoms with Crippen molar-refractivity contribution in [3.63, 3.8) is 0 Å². The Labute approximate surface area is 263 Å². The van der Waals surface area contributed by atoms with Crippen molar-refractivity contribution in [3.05, 3.63) is 60.2 Å². The van der Waals surface area contributed by atoms with Crippen LogP contribution in [-0.4, -0.2) is 45.2 Å². The molecule has 0 saturated carbocycles. The van der Waals surface area contributed by atoms with Gasteiger partial charge in [0.25, 0.3) is 0 Å². The van der Waals surface area contributed by atoms with Crippen molar-refractivity contribution in [2.45, 2.75) is 115 Å². The minimum Gasteiger partial charge on any atom is -0.507 e. The summed E-state index contributed by atoms with van der Waals surface area (Å²) in [5, 5.41) is 21.1. The van der Waals surface area contributed by atoms with E-state index in [0.29, 0.717) is 12.8 Å². The third-order valence-corrected chi connectivity index (χ3v) is 9.18. The van der Waals surface area contributed by atoms with Crippen molar-refractivity contribution in [1.29, 1.82) is 0 Å². The van der Waals surface area contributed by atoms with Gasteiger partial charge in [0.2, 0.25) is 0 Å². The molecule has 8 heteroatoms. The Hall–Kier alpha value is -3.00. The third kappa shape index (κ3) is 16.4. The highest BCUT2D eigenvalue weighted by Crippen LogP contribution is 2.36. The standard InChI is InChI=1S/C35H53NO6S/c1-4-7-8-9-10-11-12-13-14-15-16-17-18-19-20-21-27-43-35(5-2,6-3)32(38)23-22-26-42-34(41)36-29-24-25-31(37)30(28-29)33(39)40/h7-8,10-11,13-14,24-25,28,37H,4-6,9,12,15-23,26-27H2,1-3H3,(H,36,41)(H,39,40)/b8-7-,11-10-,14-13-. The molecule has 1 aromatic carbocycles. The fourth-order valence-corrected chi connectivity index (χ4v) is 6.07. The molecule has 43 heavy (non-hydrogen) atoms. The largest absolute Gasteiger partial charge is 0.507 e. The lowest BCUT2D eigenvalue weighted by Crippen LogP contribution is -2.34. The molecule has 1 rings (SSSR count). The second-order valence-electron chi connectivity index (χ2n) is 10.6. The summed E-state index contributed by atoms with van der Waals surface area (Å²) < 4.78 is 4.78. The maximum absolute atomic E-state index is 13.1. The molecule has 0 atom stereocenters. The van der Waals surface area contributed by atoms with Gasteiger partial charge in [0.15, 0.2) is 0 Å². The van der Waals surface area contributed by atoms with Gasteiger partial charge in [-0.25, -0.2) is 9.59 Å². The van der Waals surface area contributed by atoms with Crippen molar-refractivity contribution in [3.8, 4) is 5.75 Å². The van der Waals surface area contributed by atoms with Gasteiger partial charge in [-0.1, -0.05) is 82.9 Å². The predicted octanol–water partition coefficient (Wildman–Crippen LogP) is 9.87. The summed E-state index contributed by atoms with van der Waals surface area (Å²) in [6.07, 6.45) is 26.6. The fraction of sp³-hybridized carbons (Fsp3) is 0.571. The van der Waals surface area contributed by atoms with Gasteiger partial charge in [-0.3, -0.25) is 10.1 Å². The summed E-state index contributed by atoms with van der Waals surface area (Å²) in [7, 11) is 0. The number of unbranched alkanes of at least 4 members (excludes halogenated alkanes) is 6. The number of carboxylic acid groups (broad SMARTS) is 1. The van der Waals surface area contributed by atoms with Gasteiger partial charge in [0.05, 0.1) is 11.4 Å². The summed E-state index contributed by atoms with van der Waals surface area (Å²) in [6, 6.07) is 3.73. The number of hydrogen-bond acceptors (Lipinski definition) is 6. The molecule has 0 aliphatic rings. The molecule has 0 aliphatic heterocycles. The van der Waals surface area contributed by atoms with Gasteiger partial charge in [-0.15, -0.1) is 11.8 Å². The van der Waals surface area contributed by atoms with Crippen LogP contribution in [0, 0.1) is 0 Å². The Kier molecular flexibility index (Phi) is 20.7. The molecule has 240 valence electrons. The molecule has 1 amide bonds. The summed E-state index contributed by atoms with van der Waals surface area (Å²) in [4.78, 5) is 36.3. The first-order valence-corrected chi connectivity index (χ1v) is 16.9. The maximum atomic E-state index is 13.1. The third-order valence-electron chi connectivity index (χ3n) is 7.33. The van der Waals surface area contributed by atoms with E-state index in [1.54, 1.807) is 11.8 Å². The number of benzene rings is 1. The summed E-state index contributed by atoms with van der Waals surface area (Å²) in [5.74, 6) is -0.511. The first-order valence-electron chi connectivity index (χ1n) is 15.9. The van der Waals surface area contributed by atoms with Crippen molar-refractivity contribution < 1.29 is 29.3 Å². The molecule has 0 unspecified atom stereocenters. The van der Waals surface area contributed by atoms with Crippen LogP contribution in [0.5, 0.6) is 5.75 Å². The van der Waals surface area contributed by atoms with Crippen LogP contribution in [0.25, 0.3) is 0 Å². The first-order chi connectivity index (χ1) is 20.8. The second kappa shape index (κ2) is 23.5. The average molecular weight is 616 g/mol. The smallest absolute Gasteiger partial charge is 0.411 e. The number of carboxylic acids is 1. The van der Waals surface area contributed by atoms with Gasteiger partial charge < -0.3 is 14.9 Å². The molecule has 3 N–H and O–H groups in total. The van der Waals surface area contributed by atoms with Crippen LogP contribution in [0.4, 0.5) is 10.5 Å². The Balaban J connectivity index is 2.21. The lowest BCUT2D eigenvalue weighted by Gasteiger charge is -2.29. The van der Waals surface area contributed by atoms with E-state index < -0.39 is 16.8 Å². The molecule has 0 radical (unpaired) electrons. The van der Waals surface area contributed by atoms with Crippen molar-refractivity contribution in [2.75, 3.05) is 17.7 Å². The number of anilines is 1. The molecule has 0 heterocycles. The van der Waals surface area contributed by atoms with E-state index in [2.05, 4.69) is 62.5 Å². The quantitative estimate of drug-likeness (QED) is 0.0602. The summed E-state index contributed by atoms with van der Waals surface area (Å²) >= 11 is 1.78. The van der Waals surface area contributed by atoms with E-state index in [0.717, 1.165) is 56.8 Å². The van der Waals surface area contributed by atoms with Crippen molar-refractivity contribution in [2.24, 2.45) is 0 Å².